The van der Waals surface area contributed by atoms with Crippen LogP contribution in [0.5, 0.6) is 0 Å². The highest BCUT2D eigenvalue weighted by Gasteiger charge is 2.37. The zero-order valence-electron chi connectivity index (χ0n) is 27.0. The number of aliphatic hydroxyl groups excluding tert-OH is 1. The number of likely N-dealkylation sites (tertiary alicyclic amines) is 1. The van der Waals surface area contributed by atoms with Crippen LogP contribution in [-0.4, -0.2) is 89.4 Å². The maximum Gasteiger partial charge on any atom is 0.252 e. The Kier molecular flexibility index (Phi) is 11.8. The number of thiazole rings is 1. The molecule has 0 bridgehead atoms. The molecule has 2 heterocycles. The minimum atomic E-state index is -4.03. The van der Waals surface area contributed by atoms with Gasteiger partial charge in [-0.25, -0.2) is 18.4 Å². The van der Waals surface area contributed by atoms with Crippen LogP contribution in [0.25, 0.3) is 10.2 Å². The van der Waals surface area contributed by atoms with Gasteiger partial charge in [0.1, 0.15) is 0 Å². The van der Waals surface area contributed by atoms with Crippen molar-refractivity contribution >= 4 is 43.4 Å². The van der Waals surface area contributed by atoms with E-state index in [-0.39, 0.29) is 60.5 Å². The number of rotatable bonds is 13. The van der Waals surface area contributed by atoms with E-state index in [4.69, 9.17) is 0 Å². The molecule has 45 heavy (non-hydrogen) atoms. The molecule has 2 aromatic carbocycles. The fourth-order valence-corrected chi connectivity index (χ4v) is 8.03. The predicted octanol–water partition coefficient (Wildman–Crippen LogP) is 4.31. The van der Waals surface area contributed by atoms with Crippen molar-refractivity contribution in [3.05, 3.63) is 59.6 Å². The van der Waals surface area contributed by atoms with E-state index >= 15 is 0 Å². The van der Waals surface area contributed by atoms with Gasteiger partial charge in [0.15, 0.2) is 0 Å². The van der Waals surface area contributed by atoms with Crippen LogP contribution >= 0.6 is 11.3 Å². The Morgan fingerprint density at radius 1 is 1.07 bits per heavy atom. The van der Waals surface area contributed by atoms with Gasteiger partial charge in [0.25, 0.3) is 5.91 Å². The van der Waals surface area contributed by atoms with Gasteiger partial charge in [-0.05, 0) is 67.4 Å². The van der Waals surface area contributed by atoms with E-state index in [0.29, 0.717) is 0 Å². The van der Waals surface area contributed by atoms with Crippen molar-refractivity contribution in [3.63, 3.8) is 0 Å². The van der Waals surface area contributed by atoms with Crippen molar-refractivity contribution in [2.75, 3.05) is 32.7 Å². The predicted molar refractivity (Wildman–Crippen MR) is 178 cm³/mol. The van der Waals surface area contributed by atoms with Crippen molar-refractivity contribution in [3.8, 4) is 0 Å². The van der Waals surface area contributed by atoms with E-state index in [1.54, 1.807) is 17.6 Å². The van der Waals surface area contributed by atoms with Crippen LogP contribution in [0.1, 0.15) is 59.4 Å². The Balaban J connectivity index is 1.69. The molecule has 1 fully saturated rings. The van der Waals surface area contributed by atoms with Crippen LogP contribution in [0.2, 0.25) is 0 Å². The van der Waals surface area contributed by atoms with Gasteiger partial charge < -0.3 is 5.11 Å². The highest BCUT2D eigenvalue weighted by Crippen LogP contribution is 2.27. The number of sulfonamides is 1. The molecule has 1 aromatic heterocycles. The molecule has 4 rings (SSSR count). The van der Waals surface area contributed by atoms with Crippen LogP contribution in [0.3, 0.4) is 0 Å². The molecule has 2 N–H and O–H groups in total. The molecule has 0 radical (unpaired) electrons. The van der Waals surface area contributed by atoms with E-state index in [0.717, 1.165) is 41.7 Å². The van der Waals surface area contributed by atoms with E-state index in [9.17, 15) is 23.1 Å². The zero-order chi connectivity index (χ0) is 32.8. The molecule has 12 heteroatoms. The lowest BCUT2D eigenvalue weighted by atomic mass is 9.91. The number of amides is 2. The summed E-state index contributed by atoms with van der Waals surface area (Å²) in [6.07, 6.45) is 1.06. The number of nitrogens with zero attached hydrogens (tertiary/aromatic N) is 4. The molecule has 1 saturated heterocycles. The molecule has 0 spiro atoms. The lowest BCUT2D eigenvalue weighted by molar-refractivity contribution is -0.149. The maximum atomic E-state index is 14.1. The molecule has 0 aliphatic carbocycles. The van der Waals surface area contributed by atoms with Crippen molar-refractivity contribution in [1.29, 1.82) is 0 Å². The van der Waals surface area contributed by atoms with Gasteiger partial charge >= 0.3 is 0 Å². The number of carbonyl (C=O) groups is 2. The average Bonchev–Trinajstić information content (AvgIpc) is 3.65. The summed E-state index contributed by atoms with van der Waals surface area (Å²) in [4.78, 5) is 33.6. The van der Waals surface area contributed by atoms with E-state index in [1.165, 1.54) is 26.7 Å². The van der Waals surface area contributed by atoms with Crippen LogP contribution in [-0.2, 0) is 26.0 Å². The molecule has 1 aliphatic rings. The largest absolute Gasteiger partial charge is 0.390 e. The molecular formula is C33H47N5O5S2. The summed E-state index contributed by atoms with van der Waals surface area (Å²) < 4.78 is 30.2. The normalized spacial score (nSPS) is 15.9. The summed E-state index contributed by atoms with van der Waals surface area (Å²) in [7, 11) is -4.03. The molecule has 0 saturated carbocycles. The lowest BCUT2D eigenvalue weighted by Gasteiger charge is -2.38. The molecular weight excluding hydrogens is 611 g/mol. The van der Waals surface area contributed by atoms with E-state index < -0.39 is 22.2 Å². The summed E-state index contributed by atoms with van der Waals surface area (Å²) in [6.45, 7) is 11.3. The quantitative estimate of drug-likeness (QED) is 0.263. The minimum Gasteiger partial charge on any atom is -0.390 e. The summed E-state index contributed by atoms with van der Waals surface area (Å²) >= 11 is 1.36. The van der Waals surface area contributed by atoms with Crippen molar-refractivity contribution in [1.82, 2.24) is 24.6 Å². The SMILES string of the molecule is CC(C)CN(C[C@@H](O)C(Cc1ccccc1)N(NC(=O)CN1CCCC1)C(=O)CC(C)(C)C)S(=O)(=O)c1ccc2ncsc2c1. The van der Waals surface area contributed by atoms with Gasteiger partial charge in [0.2, 0.25) is 15.9 Å². The Morgan fingerprint density at radius 2 is 1.76 bits per heavy atom. The molecule has 1 aliphatic heterocycles. The second-order valence-electron chi connectivity index (χ2n) is 13.5. The first kappa shape index (κ1) is 35.0. The molecule has 2 amide bonds. The molecule has 10 nitrogen and oxygen atoms in total. The molecule has 3 aromatic rings. The number of benzene rings is 2. The van der Waals surface area contributed by atoms with E-state index in [2.05, 4.69) is 10.4 Å². The van der Waals surface area contributed by atoms with Crippen LogP contribution in [0, 0.1) is 11.3 Å². The Labute approximate surface area is 271 Å². The van der Waals surface area contributed by atoms with Crippen LogP contribution in [0.4, 0.5) is 0 Å². The van der Waals surface area contributed by atoms with Crippen LogP contribution in [0.15, 0.2) is 58.9 Å². The Morgan fingerprint density at radius 3 is 2.40 bits per heavy atom. The lowest BCUT2D eigenvalue weighted by Crippen LogP contribution is -2.60. The molecule has 2 atom stereocenters. The highest BCUT2D eigenvalue weighted by molar-refractivity contribution is 7.89. The highest BCUT2D eigenvalue weighted by atomic mass is 32.2. The monoisotopic (exact) mass is 657 g/mol. The number of hydrogen-bond donors (Lipinski definition) is 2. The van der Waals surface area contributed by atoms with Gasteiger partial charge in [0.05, 0.1) is 39.3 Å². The third kappa shape index (κ3) is 9.79. The van der Waals surface area contributed by atoms with E-state index in [1.807, 2.05) is 69.9 Å². The first-order valence-corrected chi connectivity index (χ1v) is 17.9. The van der Waals surface area contributed by atoms with Crippen molar-refractivity contribution in [2.45, 2.75) is 77.3 Å². The number of hydrazine groups is 1. The topological polar surface area (TPSA) is 123 Å². The number of hydrogen-bond acceptors (Lipinski definition) is 8. The minimum absolute atomic E-state index is 0.0366. The Hall–Kier alpha value is -2.90. The fourth-order valence-electron chi connectivity index (χ4n) is 5.59. The summed E-state index contributed by atoms with van der Waals surface area (Å²) in [5, 5.41) is 13.2. The zero-order valence-corrected chi connectivity index (χ0v) is 28.6. The van der Waals surface area contributed by atoms with Gasteiger partial charge in [-0.3, -0.25) is 19.9 Å². The molecule has 1 unspecified atom stereocenters. The van der Waals surface area contributed by atoms with Gasteiger partial charge in [0, 0.05) is 19.5 Å². The van der Waals surface area contributed by atoms with Crippen molar-refractivity contribution in [2.24, 2.45) is 11.3 Å². The standard InChI is InChI=1S/C33H47N5O5S2/c1-24(2)20-37(45(42,43)26-13-14-27-30(18-26)44-23-34-27)21-29(39)28(17-25-11-7-6-8-12-25)38(32(41)19-33(3,4)5)35-31(40)22-36-15-9-10-16-36/h6-8,11-14,18,23-24,28-29,39H,9-10,15-17,19-22H2,1-5H3,(H,35,40)/t28?,29-/m1/s1. The fraction of sp³-hybridized carbons (Fsp3) is 0.545. The first-order chi connectivity index (χ1) is 21.2. The van der Waals surface area contributed by atoms with Gasteiger partial charge in [-0.2, -0.15) is 4.31 Å². The first-order valence-electron chi connectivity index (χ1n) is 15.6. The maximum absolute atomic E-state index is 14.1. The third-order valence-electron chi connectivity index (χ3n) is 7.72. The third-order valence-corrected chi connectivity index (χ3v) is 10.3. The number of aliphatic hydroxyl groups is 1. The smallest absolute Gasteiger partial charge is 0.252 e. The number of nitrogens with one attached hydrogen (secondary N) is 1. The van der Waals surface area contributed by atoms with Gasteiger partial charge in [-0.15, -0.1) is 11.3 Å². The summed E-state index contributed by atoms with van der Waals surface area (Å²) in [6, 6.07) is 13.3. The summed E-state index contributed by atoms with van der Waals surface area (Å²) in [5.41, 5.74) is 5.68. The van der Waals surface area contributed by atoms with Gasteiger partial charge in [-0.1, -0.05) is 65.0 Å². The number of fused-ring (bicyclic) bond motifs is 1. The number of aromatic nitrogens is 1. The second kappa shape index (κ2) is 15.1. The molecule has 246 valence electrons. The summed E-state index contributed by atoms with van der Waals surface area (Å²) in [5.74, 6) is -0.717. The second-order valence-corrected chi connectivity index (χ2v) is 16.4. The van der Waals surface area contributed by atoms with Crippen LogP contribution < -0.4 is 5.43 Å². The van der Waals surface area contributed by atoms with Crippen molar-refractivity contribution < 1.29 is 23.1 Å². The number of carbonyl (C=O) groups excluding carboxylic acids is 2. The Bertz CT molecular complexity index is 1530. The average molecular weight is 658 g/mol.